The molecule has 9 nitrogen and oxygen atoms in total. The highest BCUT2D eigenvalue weighted by Gasteiger charge is 2.27. The number of ether oxygens (including phenoxy) is 1. The van der Waals surface area contributed by atoms with Gasteiger partial charge in [0, 0.05) is 12.8 Å². The molecule has 496 valence electrons. The van der Waals surface area contributed by atoms with Crippen LogP contribution in [0.15, 0.2) is 146 Å². The second kappa shape index (κ2) is 64.9. The van der Waals surface area contributed by atoms with E-state index in [1.807, 2.05) is 33.3 Å². The summed E-state index contributed by atoms with van der Waals surface area (Å²) in [5.74, 6) is -0.577. The molecule has 0 saturated carbocycles. The lowest BCUT2D eigenvalue weighted by Crippen LogP contribution is -2.47. The SMILES string of the molecule is CC/C=C\C/C=C\C/C=C\C/C=C\C/C=C\C/C=C\CCCCCCCCC(=O)NC(COP(=O)([O-])OCC[N+](C)(C)C)C(/C=C/CCCCCCCCCCCCC)OC(=O)CCCCCCCCC/C=C\C/C=C\C/C=C\C/C=C\C/C=C\CC. The Hall–Kier alpha value is -4.11. The first kappa shape index (κ1) is 82.9. The minimum Gasteiger partial charge on any atom is -0.756 e. The predicted octanol–water partition coefficient (Wildman–Crippen LogP) is 21.9. The number of likely N-dealkylation sites (N-methyl/N-ethyl adjacent to an activating group) is 1. The van der Waals surface area contributed by atoms with Crippen molar-refractivity contribution in [1.29, 1.82) is 0 Å². The van der Waals surface area contributed by atoms with Crippen molar-refractivity contribution in [3.63, 3.8) is 0 Å². The molecule has 0 aromatic heterocycles. The van der Waals surface area contributed by atoms with Crippen molar-refractivity contribution in [3.8, 4) is 0 Å². The third-order valence-corrected chi connectivity index (χ3v) is 15.7. The Morgan fingerprint density at radius 1 is 0.414 bits per heavy atom. The number of phosphoric ester groups is 1. The maximum absolute atomic E-state index is 13.6. The molecule has 0 saturated heterocycles. The van der Waals surface area contributed by atoms with Crippen LogP contribution in [-0.4, -0.2) is 69.4 Å². The molecular weight excluding hydrogens is 1100 g/mol. The van der Waals surface area contributed by atoms with Gasteiger partial charge in [0.2, 0.25) is 5.91 Å². The van der Waals surface area contributed by atoms with Crippen LogP contribution in [0, 0.1) is 0 Å². The van der Waals surface area contributed by atoms with Crippen molar-refractivity contribution < 1.29 is 37.3 Å². The lowest BCUT2D eigenvalue weighted by Gasteiger charge is -2.30. The van der Waals surface area contributed by atoms with Gasteiger partial charge in [0.25, 0.3) is 7.82 Å². The maximum atomic E-state index is 13.6. The lowest BCUT2D eigenvalue weighted by atomic mass is 10.0. The van der Waals surface area contributed by atoms with Crippen LogP contribution in [0.1, 0.15) is 278 Å². The van der Waals surface area contributed by atoms with Crippen molar-refractivity contribution in [1.82, 2.24) is 5.32 Å². The van der Waals surface area contributed by atoms with Gasteiger partial charge in [-0.25, -0.2) is 0 Å². The molecule has 1 N–H and O–H groups in total. The summed E-state index contributed by atoms with van der Waals surface area (Å²) in [5.41, 5.74) is 0. The van der Waals surface area contributed by atoms with Crippen LogP contribution < -0.4 is 10.2 Å². The second-order valence-corrected chi connectivity index (χ2v) is 25.7. The largest absolute Gasteiger partial charge is 0.756 e. The summed E-state index contributed by atoms with van der Waals surface area (Å²) >= 11 is 0. The highest BCUT2D eigenvalue weighted by Crippen LogP contribution is 2.38. The van der Waals surface area contributed by atoms with Gasteiger partial charge in [-0.1, -0.05) is 283 Å². The number of nitrogens with zero attached hydrogens (tertiary/aromatic N) is 1. The van der Waals surface area contributed by atoms with Gasteiger partial charge >= 0.3 is 5.97 Å². The zero-order chi connectivity index (χ0) is 63.5. The fourth-order valence-corrected chi connectivity index (χ4v) is 10.2. The summed E-state index contributed by atoms with van der Waals surface area (Å²) in [6.45, 7) is 6.60. The van der Waals surface area contributed by atoms with Crippen molar-refractivity contribution in [2.45, 2.75) is 290 Å². The Bertz CT molecular complexity index is 2000. The predicted molar refractivity (Wildman–Crippen MR) is 376 cm³/mol. The summed E-state index contributed by atoms with van der Waals surface area (Å²) < 4.78 is 30.4. The van der Waals surface area contributed by atoms with Gasteiger partial charge in [-0.3, -0.25) is 14.2 Å². The summed E-state index contributed by atoms with van der Waals surface area (Å²) in [4.78, 5) is 40.2. The zero-order valence-electron chi connectivity index (χ0n) is 56.7. The van der Waals surface area contributed by atoms with Gasteiger partial charge in [0.05, 0.1) is 33.8 Å². The minimum atomic E-state index is -4.72. The molecule has 0 rings (SSSR count). The summed E-state index contributed by atoms with van der Waals surface area (Å²) in [6.07, 6.45) is 93.9. The van der Waals surface area contributed by atoms with E-state index in [2.05, 4.69) is 160 Å². The molecule has 0 fully saturated rings. The van der Waals surface area contributed by atoms with Gasteiger partial charge in [0.1, 0.15) is 19.3 Å². The topological polar surface area (TPSA) is 114 Å². The van der Waals surface area contributed by atoms with E-state index < -0.39 is 26.6 Å². The molecule has 0 radical (unpaired) electrons. The van der Waals surface area contributed by atoms with Crippen LogP contribution in [0.3, 0.4) is 0 Å². The quantitative estimate of drug-likeness (QED) is 0.0212. The molecule has 3 unspecified atom stereocenters. The highest BCUT2D eigenvalue weighted by molar-refractivity contribution is 7.45. The van der Waals surface area contributed by atoms with E-state index in [-0.39, 0.29) is 31.3 Å². The smallest absolute Gasteiger partial charge is 0.306 e. The maximum Gasteiger partial charge on any atom is 0.306 e. The standard InChI is InChI=1S/C77H131N2O7P/c1-7-10-13-16-19-22-25-28-30-32-34-36-38-39-41-42-44-46-48-51-54-57-60-63-66-69-76(80)78-74(73-85-87(82,83)84-72-71-79(4,5)6)75(68-65-62-59-56-53-50-27-24-21-18-15-12-9-3)86-77(81)70-67-64-61-58-55-52-49-47-45-43-40-37-35-33-31-29-26-23-20-17-14-11-8-2/h10-11,13-14,19-20,22-23,28-31,34-37,39,41,43-46,65,68,74-75H,7-9,12,15-18,21,24-27,32-33,38,40,42,47-64,66-67,69-73H2,1-6H3,(H-,78,80,82,83)/b13-10-,14-11-,22-19-,23-20-,30-28-,31-29-,36-34-,37-35-,41-39-,45-43-,46-44-,68-65+. The van der Waals surface area contributed by atoms with Gasteiger partial charge in [-0.05, 0) is 128 Å². The zero-order valence-corrected chi connectivity index (χ0v) is 57.6. The van der Waals surface area contributed by atoms with Crippen molar-refractivity contribution in [2.24, 2.45) is 0 Å². The normalized spacial score (nSPS) is 14.4. The fourth-order valence-electron chi connectivity index (χ4n) is 9.43. The number of hydrogen-bond acceptors (Lipinski definition) is 7. The molecule has 0 bridgehead atoms. The molecule has 0 aliphatic rings. The van der Waals surface area contributed by atoms with Gasteiger partial charge in [-0.15, -0.1) is 0 Å². The number of phosphoric acid groups is 1. The van der Waals surface area contributed by atoms with Gasteiger partial charge < -0.3 is 28.5 Å². The number of rotatable bonds is 62. The minimum absolute atomic E-state index is 0.0355. The molecular formula is C77H131N2O7P. The van der Waals surface area contributed by atoms with Crippen molar-refractivity contribution in [2.75, 3.05) is 40.9 Å². The number of esters is 1. The Labute approximate surface area is 536 Å². The third-order valence-electron chi connectivity index (χ3n) is 14.8. The first-order chi connectivity index (χ1) is 42.4. The number of amides is 1. The van der Waals surface area contributed by atoms with E-state index in [0.29, 0.717) is 23.9 Å². The van der Waals surface area contributed by atoms with E-state index in [0.717, 1.165) is 154 Å². The first-order valence-corrected chi connectivity index (χ1v) is 36.6. The van der Waals surface area contributed by atoms with E-state index in [4.69, 9.17) is 13.8 Å². The molecule has 0 spiro atoms. The van der Waals surface area contributed by atoms with Crippen molar-refractivity contribution >= 4 is 19.7 Å². The van der Waals surface area contributed by atoms with Crippen molar-refractivity contribution in [3.05, 3.63) is 146 Å². The van der Waals surface area contributed by atoms with Crippen LogP contribution >= 0.6 is 7.82 Å². The number of hydrogen-bond donors (Lipinski definition) is 1. The van der Waals surface area contributed by atoms with Gasteiger partial charge in [-0.2, -0.15) is 0 Å². The van der Waals surface area contributed by atoms with E-state index >= 15 is 0 Å². The molecule has 0 aliphatic carbocycles. The molecule has 87 heavy (non-hydrogen) atoms. The van der Waals surface area contributed by atoms with Crippen LogP contribution in [-0.2, 0) is 27.9 Å². The molecule has 1 amide bonds. The Morgan fingerprint density at radius 2 is 0.736 bits per heavy atom. The number of carbonyl (C=O) groups excluding carboxylic acids is 2. The van der Waals surface area contributed by atoms with Crippen LogP contribution in [0.25, 0.3) is 0 Å². The second-order valence-electron chi connectivity index (χ2n) is 24.3. The molecule has 0 aromatic carbocycles. The first-order valence-electron chi connectivity index (χ1n) is 35.1. The van der Waals surface area contributed by atoms with E-state index in [1.54, 1.807) is 0 Å². The molecule has 3 atom stereocenters. The Morgan fingerprint density at radius 3 is 1.10 bits per heavy atom. The average molecular weight is 1230 g/mol. The van der Waals surface area contributed by atoms with Crippen LogP contribution in [0.2, 0.25) is 0 Å². The van der Waals surface area contributed by atoms with E-state index in [9.17, 15) is 19.0 Å². The van der Waals surface area contributed by atoms with Crippen LogP contribution in [0.5, 0.6) is 0 Å². The number of unbranched alkanes of at least 4 members (excludes halogenated alkanes) is 24. The van der Waals surface area contributed by atoms with E-state index in [1.165, 1.54) is 77.0 Å². The Kier molecular flexibility index (Phi) is 61.8. The number of allylic oxidation sites excluding steroid dienone is 23. The number of quaternary nitrogens is 1. The third kappa shape index (κ3) is 66.1. The summed E-state index contributed by atoms with van der Waals surface area (Å²) in [5, 5.41) is 3.03. The van der Waals surface area contributed by atoms with Crippen LogP contribution in [0.4, 0.5) is 0 Å². The highest BCUT2D eigenvalue weighted by atomic mass is 31.2. The fraction of sp³-hybridized carbons (Fsp3) is 0.662. The lowest BCUT2D eigenvalue weighted by molar-refractivity contribution is -0.870. The molecule has 0 aliphatic heterocycles. The van der Waals surface area contributed by atoms with Gasteiger partial charge in [0.15, 0.2) is 0 Å². The number of nitrogens with one attached hydrogen (secondary N) is 1. The molecule has 0 aromatic rings. The molecule has 0 heterocycles. The summed E-state index contributed by atoms with van der Waals surface area (Å²) in [6, 6.07) is -0.914. The monoisotopic (exact) mass is 1230 g/mol. The molecule has 10 heteroatoms. The summed E-state index contributed by atoms with van der Waals surface area (Å²) in [7, 11) is 1.15. The number of carbonyl (C=O) groups is 2. The Balaban J connectivity index is 5.21. The average Bonchev–Trinajstić information content (AvgIpc) is 3.70.